The zero-order valence-electron chi connectivity index (χ0n) is 10.3. The molecule has 1 aliphatic carbocycles. The van der Waals surface area contributed by atoms with Crippen molar-refractivity contribution in [1.82, 2.24) is 10.2 Å². The van der Waals surface area contributed by atoms with Crippen molar-refractivity contribution in [3.63, 3.8) is 0 Å². The topological polar surface area (TPSA) is 15.3 Å². The van der Waals surface area contributed by atoms with Crippen molar-refractivity contribution in [2.75, 3.05) is 19.6 Å². The lowest BCUT2D eigenvalue weighted by Gasteiger charge is -2.36. The fourth-order valence-electron chi connectivity index (χ4n) is 2.80. The van der Waals surface area contributed by atoms with Crippen molar-refractivity contribution in [1.29, 1.82) is 0 Å². The number of halogens is 2. The van der Waals surface area contributed by atoms with Crippen LogP contribution in [0.25, 0.3) is 0 Å². The average Bonchev–Trinajstić information content (AvgIpc) is 3.20. The molecule has 1 aromatic carbocycles. The lowest BCUT2D eigenvalue weighted by atomic mass is 10.1. The SMILES string of the molecule is Clc1cccc(CN2CCNCC2C2CC2)c1Cl. The first-order valence-electron chi connectivity index (χ1n) is 6.63. The van der Waals surface area contributed by atoms with E-state index in [9.17, 15) is 0 Å². The van der Waals surface area contributed by atoms with Crippen LogP contribution in [0.5, 0.6) is 0 Å². The molecule has 0 spiro atoms. The first-order chi connectivity index (χ1) is 8.75. The fourth-order valence-corrected chi connectivity index (χ4v) is 3.18. The number of piperazine rings is 1. The first kappa shape index (κ1) is 12.7. The number of benzene rings is 1. The van der Waals surface area contributed by atoms with E-state index >= 15 is 0 Å². The smallest absolute Gasteiger partial charge is 0.0637 e. The van der Waals surface area contributed by atoms with Crippen LogP contribution < -0.4 is 5.32 Å². The van der Waals surface area contributed by atoms with Crippen LogP contribution >= 0.6 is 23.2 Å². The van der Waals surface area contributed by atoms with Gasteiger partial charge in [0.1, 0.15) is 0 Å². The largest absolute Gasteiger partial charge is 0.314 e. The minimum atomic E-state index is 0.660. The number of hydrogen-bond acceptors (Lipinski definition) is 2. The minimum absolute atomic E-state index is 0.660. The summed E-state index contributed by atoms with van der Waals surface area (Å²) in [6.07, 6.45) is 2.76. The summed E-state index contributed by atoms with van der Waals surface area (Å²) in [4.78, 5) is 2.56. The van der Waals surface area contributed by atoms with Gasteiger partial charge in [-0.3, -0.25) is 4.90 Å². The Kier molecular flexibility index (Phi) is 3.81. The van der Waals surface area contributed by atoms with Gasteiger partial charge in [-0.15, -0.1) is 0 Å². The van der Waals surface area contributed by atoms with Crippen LogP contribution in [0.4, 0.5) is 0 Å². The summed E-state index contributed by atoms with van der Waals surface area (Å²) in [7, 11) is 0. The van der Waals surface area contributed by atoms with Crippen molar-refractivity contribution >= 4 is 23.2 Å². The first-order valence-corrected chi connectivity index (χ1v) is 7.39. The van der Waals surface area contributed by atoms with Gasteiger partial charge in [-0.1, -0.05) is 35.3 Å². The third-order valence-corrected chi connectivity index (χ3v) is 4.83. The average molecular weight is 285 g/mol. The number of nitrogens with one attached hydrogen (secondary N) is 1. The predicted molar refractivity (Wildman–Crippen MR) is 76.3 cm³/mol. The standard InChI is InChI=1S/C14H18Cl2N2/c15-12-3-1-2-11(14(12)16)9-18-7-6-17-8-13(18)10-4-5-10/h1-3,10,13,17H,4-9H2. The molecule has 0 bridgehead atoms. The predicted octanol–water partition coefficient (Wildman–Crippen LogP) is 3.18. The van der Waals surface area contributed by atoms with E-state index in [4.69, 9.17) is 23.2 Å². The number of hydrogen-bond donors (Lipinski definition) is 1. The molecule has 3 rings (SSSR count). The van der Waals surface area contributed by atoms with Gasteiger partial charge in [0.15, 0.2) is 0 Å². The summed E-state index contributed by atoms with van der Waals surface area (Å²) in [5, 5.41) is 4.87. The van der Waals surface area contributed by atoms with E-state index in [1.54, 1.807) is 0 Å². The van der Waals surface area contributed by atoms with Crippen LogP contribution in [-0.4, -0.2) is 30.6 Å². The molecule has 2 nitrogen and oxygen atoms in total. The van der Waals surface area contributed by atoms with Crippen LogP contribution in [0.1, 0.15) is 18.4 Å². The Labute approximate surface area is 118 Å². The molecule has 1 unspecified atom stereocenters. The molecule has 1 aliphatic heterocycles. The van der Waals surface area contributed by atoms with Gasteiger partial charge >= 0.3 is 0 Å². The molecule has 1 saturated heterocycles. The zero-order valence-corrected chi connectivity index (χ0v) is 11.8. The molecule has 2 aliphatic rings. The third kappa shape index (κ3) is 2.67. The summed E-state index contributed by atoms with van der Waals surface area (Å²) in [5.74, 6) is 0.885. The van der Waals surface area contributed by atoms with Crippen LogP contribution in [0.3, 0.4) is 0 Å². The molecule has 2 fully saturated rings. The lowest BCUT2D eigenvalue weighted by molar-refractivity contribution is 0.136. The Morgan fingerprint density at radius 3 is 2.89 bits per heavy atom. The van der Waals surface area contributed by atoms with Gasteiger partial charge < -0.3 is 5.32 Å². The van der Waals surface area contributed by atoms with Crippen molar-refractivity contribution in [3.05, 3.63) is 33.8 Å². The molecule has 4 heteroatoms. The van der Waals surface area contributed by atoms with E-state index in [1.807, 2.05) is 12.1 Å². The van der Waals surface area contributed by atoms with E-state index < -0.39 is 0 Å². The maximum absolute atomic E-state index is 6.28. The zero-order chi connectivity index (χ0) is 12.5. The molecule has 1 N–H and O–H groups in total. The van der Waals surface area contributed by atoms with E-state index in [1.165, 1.54) is 12.8 Å². The van der Waals surface area contributed by atoms with Gasteiger partial charge in [0.25, 0.3) is 0 Å². The molecule has 0 amide bonds. The van der Waals surface area contributed by atoms with Crippen molar-refractivity contribution in [2.24, 2.45) is 5.92 Å². The van der Waals surface area contributed by atoms with Crippen LogP contribution in [0, 0.1) is 5.92 Å². The van der Waals surface area contributed by atoms with Crippen LogP contribution in [-0.2, 0) is 6.54 Å². The Morgan fingerprint density at radius 2 is 2.11 bits per heavy atom. The maximum atomic E-state index is 6.28. The monoisotopic (exact) mass is 284 g/mol. The Balaban J connectivity index is 1.75. The highest BCUT2D eigenvalue weighted by Crippen LogP contribution is 2.37. The second-order valence-corrected chi connectivity index (χ2v) is 6.08. The highest BCUT2D eigenvalue weighted by atomic mass is 35.5. The highest BCUT2D eigenvalue weighted by Gasteiger charge is 2.36. The molecule has 1 atom stereocenters. The molecule has 0 radical (unpaired) electrons. The van der Waals surface area contributed by atoms with E-state index in [0.717, 1.165) is 37.7 Å². The van der Waals surface area contributed by atoms with Gasteiger partial charge in [-0.2, -0.15) is 0 Å². The normalized spacial score (nSPS) is 25.3. The molecule has 18 heavy (non-hydrogen) atoms. The second kappa shape index (κ2) is 5.38. The van der Waals surface area contributed by atoms with Crippen LogP contribution in [0.2, 0.25) is 10.0 Å². The van der Waals surface area contributed by atoms with Crippen molar-refractivity contribution in [3.8, 4) is 0 Å². The van der Waals surface area contributed by atoms with Crippen LogP contribution in [0.15, 0.2) is 18.2 Å². The molecular weight excluding hydrogens is 267 g/mol. The van der Waals surface area contributed by atoms with Crippen molar-refractivity contribution in [2.45, 2.75) is 25.4 Å². The maximum Gasteiger partial charge on any atom is 0.0637 e. The lowest BCUT2D eigenvalue weighted by Crippen LogP contribution is -2.51. The summed E-state index contributed by atoms with van der Waals surface area (Å²) in [6.45, 7) is 4.20. The summed E-state index contributed by atoms with van der Waals surface area (Å²) >= 11 is 12.4. The molecule has 1 aromatic rings. The second-order valence-electron chi connectivity index (χ2n) is 5.29. The number of nitrogens with zero attached hydrogens (tertiary/aromatic N) is 1. The Morgan fingerprint density at radius 1 is 1.28 bits per heavy atom. The molecule has 0 aromatic heterocycles. The minimum Gasteiger partial charge on any atom is -0.314 e. The Bertz CT molecular complexity index is 432. The summed E-state index contributed by atoms with van der Waals surface area (Å²) in [5.41, 5.74) is 1.15. The van der Waals surface area contributed by atoms with Gasteiger partial charge in [0.05, 0.1) is 10.0 Å². The Hall–Kier alpha value is -0.280. The van der Waals surface area contributed by atoms with Gasteiger partial charge in [-0.05, 0) is 30.4 Å². The summed E-state index contributed by atoms with van der Waals surface area (Å²) < 4.78 is 0. The van der Waals surface area contributed by atoms with Gasteiger partial charge in [0, 0.05) is 32.2 Å². The molecular formula is C14H18Cl2N2. The van der Waals surface area contributed by atoms with E-state index in [0.29, 0.717) is 16.1 Å². The molecule has 98 valence electrons. The molecule has 1 saturated carbocycles. The van der Waals surface area contributed by atoms with Gasteiger partial charge in [-0.25, -0.2) is 0 Å². The van der Waals surface area contributed by atoms with Gasteiger partial charge in [0.2, 0.25) is 0 Å². The highest BCUT2D eigenvalue weighted by molar-refractivity contribution is 6.42. The number of rotatable bonds is 3. The third-order valence-electron chi connectivity index (χ3n) is 3.97. The van der Waals surface area contributed by atoms with Crippen molar-refractivity contribution < 1.29 is 0 Å². The quantitative estimate of drug-likeness (QED) is 0.917. The van der Waals surface area contributed by atoms with E-state index in [-0.39, 0.29) is 0 Å². The van der Waals surface area contributed by atoms with E-state index in [2.05, 4.69) is 16.3 Å². The fraction of sp³-hybridized carbons (Fsp3) is 0.571. The summed E-state index contributed by atoms with van der Waals surface area (Å²) in [6, 6.07) is 6.59. The molecule has 1 heterocycles.